The molecule has 2 fully saturated rings. The second-order valence-corrected chi connectivity index (χ2v) is 5.46. The Bertz CT molecular complexity index is 597. The number of piperazine rings is 1. The molecule has 2 atom stereocenters. The smallest absolute Gasteiger partial charge is 0.135 e. The van der Waals surface area contributed by atoms with Gasteiger partial charge in [-0.2, -0.15) is 0 Å². The molecule has 0 N–H and O–H groups in total. The van der Waals surface area contributed by atoms with Crippen molar-refractivity contribution in [1.29, 1.82) is 0 Å². The van der Waals surface area contributed by atoms with Crippen molar-refractivity contribution in [3.05, 3.63) is 30.5 Å². The molecule has 2 aliphatic heterocycles. The van der Waals surface area contributed by atoms with Crippen molar-refractivity contribution >= 4 is 16.7 Å². The van der Waals surface area contributed by atoms with Crippen molar-refractivity contribution in [3.63, 3.8) is 0 Å². The Hall–Kier alpha value is -1.55. The number of hydrogen-bond donors (Lipinski definition) is 0. The van der Waals surface area contributed by atoms with Crippen LogP contribution >= 0.6 is 0 Å². The zero-order valence-corrected chi connectivity index (χ0v) is 10.8. The third-order valence-electron chi connectivity index (χ3n) is 4.46. The van der Waals surface area contributed by atoms with Gasteiger partial charge in [0.1, 0.15) is 11.8 Å². The molecule has 2 aromatic rings. The van der Waals surface area contributed by atoms with Crippen molar-refractivity contribution in [2.75, 3.05) is 31.1 Å². The van der Waals surface area contributed by atoms with Gasteiger partial charge in [-0.1, -0.05) is 6.07 Å². The van der Waals surface area contributed by atoms with Crippen molar-refractivity contribution in [2.24, 2.45) is 0 Å². The van der Waals surface area contributed by atoms with Crippen LogP contribution in [0.4, 0.5) is 10.1 Å². The van der Waals surface area contributed by atoms with Gasteiger partial charge in [0.05, 0.1) is 12.3 Å². The van der Waals surface area contributed by atoms with Gasteiger partial charge < -0.3 is 9.32 Å². The largest absolute Gasteiger partial charge is 0.464 e. The maximum absolute atomic E-state index is 13.9. The summed E-state index contributed by atoms with van der Waals surface area (Å²) in [5, 5.41) is 1.13. The predicted octanol–water partition coefficient (Wildman–Crippen LogP) is 2.67. The first-order chi connectivity index (χ1) is 9.33. The van der Waals surface area contributed by atoms with Crippen LogP contribution in [-0.2, 0) is 0 Å². The summed E-state index contributed by atoms with van der Waals surface area (Å²) >= 11 is 0. The number of fused-ring (bicyclic) bond motifs is 2. The summed E-state index contributed by atoms with van der Waals surface area (Å²) in [4.78, 5) is 4.59. The van der Waals surface area contributed by atoms with E-state index in [9.17, 15) is 4.39 Å². The molecule has 4 heteroatoms. The number of nitrogens with zero attached hydrogens (tertiary/aromatic N) is 2. The topological polar surface area (TPSA) is 19.6 Å². The molecule has 0 spiro atoms. The monoisotopic (exact) mass is 260 g/mol. The van der Waals surface area contributed by atoms with Crippen molar-refractivity contribution < 1.29 is 8.81 Å². The van der Waals surface area contributed by atoms with E-state index in [4.69, 9.17) is 4.42 Å². The summed E-state index contributed by atoms with van der Waals surface area (Å²) in [5.74, 6) is 0. The predicted molar refractivity (Wildman–Crippen MR) is 73.3 cm³/mol. The van der Waals surface area contributed by atoms with Gasteiger partial charge in [0.2, 0.25) is 0 Å². The van der Waals surface area contributed by atoms with E-state index in [0.29, 0.717) is 6.42 Å². The van der Waals surface area contributed by atoms with Gasteiger partial charge in [0.25, 0.3) is 0 Å². The van der Waals surface area contributed by atoms with E-state index in [-0.39, 0.29) is 6.04 Å². The third-order valence-corrected chi connectivity index (χ3v) is 4.46. The molecule has 2 saturated heterocycles. The lowest BCUT2D eigenvalue weighted by Crippen LogP contribution is -2.52. The lowest BCUT2D eigenvalue weighted by atomic mass is 10.1. The van der Waals surface area contributed by atoms with Crippen molar-refractivity contribution in [1.82, 2.24) is 4.90 Å². The molecule has 3 heterocycles. The Labute approximate surface area is 111 Å². The first-order valence-electron chi connectivity index (χ1n) is 6.92. The summed E-state index contributed by atoms with van der Waals surface area (Å²) < 4.78 is 19.4. The van der Waals surface area contributed by atoms with Crippen LogP contribution in [0, 0.1) is 0 Å². The van der Waals surface area contributed by atoms with Gasteiger partial charge in [-0.3, -0.25) is 4.90 Å². The van der Waals surface area contributed by atoms with Crippen LogP contribution in [0.25, 0.3) is 11.0 Å². The summed E-state index contributed by atoms with van der Waals surface area (Å²) in [5.41, 5.74) is 2.08. The van der Waals surface area contributed by atoms with Crippen LogP contribution in [0.1, 0.15) is 6.42 Å². The average molecular weight is 260 g/mol. The number of halogens is 1. The van der Waals surface area contributed by atoms with Gasteiger partial charge in [-0.15, -0.1) is 0 Å². The average Bonchev–Trinajstić information content (AvgIpc) is 3.05. The minimum atomic E-state index is -0.675. The molecule has 0 aliphatic carbocycles. The molecule has 0 saturated carbocycles. The highest BCUT2D eigenvalue weighted by molar-refractivity contribution is 5.91. The molecular weight excluding hydrogens is 243 g/mol. The fraction of sp³-hybridized carbons (Fsp3) is 0.467. The first-order valence-corrected chi connectivity index (χ1v) is 6.92. The number of alkyl halides is 1. The second-order valence-electron chi connectivity index (χ2n) is 5.46. The van der Waals surface area contributed by atoms with Crippen LogP contribution < -0.4 is 4.90 Å². The lowest BCUT2D eigenvalue weighted by Gasteiger charge is -2.39. The van der Waals surface area contributed by atoms with Crippen LogP contribution in [0.15, 0.2) is 34.9 Å². The molecule has 100 valence electrons. The Morgan fingerprint density at radius 2 is 2.11 bits per heavy atom. The molecule has 3 nitrogen and oxygen atoms in total. The highest BCUT2D eigenvalue weighted by Crippen LogP contribution is 2.32. The molecule has 0 bridgehead atoms. The molecule has 1 aromatic carbocycles. The third kappa shape index (κ3) is 1.74. The summed E-state index contributed by atoms with van der Waals surface area (Å²) in [6.07, 6.45) is 1.73. The van der Waals surface area contributed by atoms with Gasteiger partial charge in [0, 0.05) is 37.3 Å². The van der Waals surface area contributed by atoms with Crippen LogP contribution in [0.3, 0.4) is 0 Å². The molecule has 4 rings (SSSR count). The maximum atomic E-state index is 13.9. The van der Waals surface area contributed by atoms with Gasteiger partial charge in [0.15, 0.2) is 0 Å². The van der Waals surface area contributed by atoms with E-state index in [1.165, 1.54) is 5.69 Å². The summed E-state index contributed by atoms with van der Waals surface area (Å²) in [7, 11) is 0. The van der Waals surface area contributed by atoms with E-state index in [2.05, 4.69) is 15.9 Å². The molecule has 2 aliphatic rings. The van der Waals surface area contributed by atoms with Crippen LogP contribution in [-0.4, -0.2) is 43.3 Å². The number of benzene rings is 1. The lowest BCUT2D eigenvalue weighted by molar-refractivity contribution is 0.176. The standard InChI is InChI=1S/C15H17FN2O/c16-12-4-6-17-7-8-18(10-14(12)17)13-2-1-3-15-11(13)5-9-19-15/h1-3,5,9,12,14H,4,6-8,10H2. The van der Waals surface area contributed by atoms with E-state index in [0.717, 1.165) is 37.1 Å². The van der Waals surface area contributed by atoms with Gasteiger partial charge in [-0.25, -0.2) is 4.39 Å². The molecular formula is C15H17FN2O. The second kappa shape index (κ2) is 4.23. The van der Waals surface area contributed by atoms with Crippen LogP contribution in [0.5, 0.6) is 0 Å². The molecule has 0 amide bonds. The highest BCUT2D eigenvalue weighted by atomic mass is 19.1. The number of hydrogen-bond acceptors (Lipinski definition) is 3. The minimum Gasteiger partial charge on any atom is -0.464 e. The zero-order chi connectivity index (χ0) is 12.8. The quantitative estimate of drug-likeness (QED) is 0.786. The first kappa shape index (κ1) is 11.3. The fourth-order valence-electron chi connectivity index (χ4n) is 3.42. The summed E-state index contributed by atoms with van der Waals surface area (Å²) in [6.45, 7) is 3.62. The van der Waals surface area contributed by atoms with E-state index < -0.39 is 6.17 Å². The normalized spacial score (nSPS) is 27.9. The van der Waals surface area contributed by atoms with Crippen LogP contribution in [0.2, 0.25) is 0 Å². The Balaban J connectivity index is 1.67. The van der Waals surface area contributed by atoms with Gasteiger partial charge >= 0.3 is 0 Å². The molecule has 19 heavy (non-hydrogen) atoms. The van der Waals surface area contributed by atoms with E-state index in [1.807, 2.05) is 18.2 Å². The van der Waals surface area contributed by atoms with Crippen molar-refractivity contribution in [2.45, 2.75) is 18.6 Å². The summed E-state index contributed by atoms with van der Waals surface area (Å²) in [6, 6.07) is 8.15. The molecule has 2 unspecified atom stereocenters. The number of anilines is 1. The number of furan rings is 1. The number of rotatable bonds is 1. The Morgan fingerprint density at radius 3 is 3.05 bits per heavy atom. The molecule has 1 aromatic heterocycles. The van der Waals surface area contributed by atoms with Crippen molar-refractivity contribution in [3.8, 4) is 0 Å². The van der Waals surface area contributed by atoms with Gasteiger partial charge in [-0.05, 0) is 24.6 Å². The highest BCUT2D eigenvalue weighted by Gasteiger charge is 2.38. The van der Waals surface area contributed by atoms with E-state index in [1.54, 1.807) is 6.26 Å². The SMILES string of the molecule is FC1CCN2CCN(c3cccc4occc34)CC12. The maximum Gasteiger partial charge on any atom is 0.135 e. The zero-order valence-electron chi connectivity index (χ0n) is 10.8. The molecule has 0 radical (unpaired) electrons. The Morgan fingerprint density at radius 1 is 1.16 bits per heavy atom. The fourth-order valence-corrected chi connectivity index (χ4v) is 3.42. The van der Waals surface area contributed by atoms with E-state index >= 15 is 0 Å². The Kier molecular flexibility index (Phi) is 2.52. The minimum absolute atomic E-state index is 0.0657.